The Morgan fingerprint density at radius 3 is 2.64 bits per heavy atom. The Balaban J connectivity index is 1.54. The molecule has 2 aromatic rings. The van der Waals surface area contributed by atoms with Gasteiger partial charge in [-0.25, -0.2) is 13.1 Å². The van der Waals surface area contributed by atoms with Crippen molar-refractivity contribution < 1.29 is 18.1 Å². The summed E-state index contributed by atoms with van der Waals surface area (Å²) in [5.74, 6) is 0.00940. The molecule has 0 unspecified atom stereocenters. The van der Waals surface area contributed by atoms with Gasteiger partial charge in [-0.1, -0.05) is 6.07 Å². The maximum atomic E-state index is 12.4. The van der Waals surface area contributed by atoms with Crippen LogP contribution in [0, 0.1) is 16.0 Å². The highest BCUT2D eigenvalue weighted by molar-refractivity contribution is 7.89. The van der Waals surface area contributed by atoms with Crippen LogP contribution in [0.2, 0.25) is 0 Å². The van der Waals surface area contributed by atoms with Crippen LogP contribution in [0.4, 0.5) is 5.69 Å². The molecule has 1 N–H and O–H groups in total. The van der Waals surface area contributed by atoms with Gasteiger partial charge in [-0.05, 0) is 37.0 Å². The molecule has 3 rings (SSSR count). The number of nitro groups is 1. The zero-order valence-electron chi connectivity index (χ0n) is 15.0. The number of carbonyl (C=O) groups excluding carboxylic acids is 1. The normalized spacial score (nSPS) is 15.4. The van der Waals surface area contributed by atoms with E-state index in [0.717, 1.165) is 6.07 Å². The summed E-state index contributed by atoms with van der Waals surface area (Å²) >= 11 is 0. The molecule has 0 radical (unpaired) electrons. The Morgan fingerprint density at radius 1 is 1.25 bits per heavy atom. The topological polar surface area (TPSA) is 123 Å². The van der Waals surface area contributed by atoms with E-state index in [4.69, 9.17) is 0 Å². The molecule has 1 aliphatic heterocycles. The zero-order chi connectivity index (χ0) is 20.1. The second-order valence-corrected chi connectivity index (χ2v) is 8.35. The van der Waals surface area contributed by atoms with Gasteiger partial charge in [0.2, 0.25) is 10.0 Å². The van der Waals surface area contributed by atoms with E-state index in [1.54, 1.807) is 23.2 Å². The molecule has 0 atom stereocenters. The van der Waals surface area contributed by atoms with Crippen molar-refractivity contribution in [1.29, 1.82) is 0 Å². The Kier molecular flexibility index (Phi) is 6.00. The van der Waals surface area contributed by atoms with E-state index in [0.29, 0.717) is 31.5 Å². The molecule has 0 saturated carbocycles. The number of carbonyl (C=O) groups is 1. The first-order chi connectivity index (χ1) is 13.4. The van der Waals surface area contributed by atoms with Gasteiger partial charge in [-0.2, -0.15) is 0 Å². The van der Waals surface area contributed by atoms with Crippen LogP contribution in [-0.4, -0.2) is 48.8 Å². The smallest absolute Gasteiger partial charge is 0.270 e. The number of aromatic nitrogens is 1. The molecule has 1 amide bonds. The molecule has 1 saturated heterocycles. The van der Waals surface area contributed by atoms with Crippen LogP contribution in [0.5, 0.6) is 0 Å². The summed E-state index contributed by atoms with van der Waals surface area (Å²) < 4.78 is 27.3. The number of nitrogens with zero attached hydrogens (tertiary/aromatic N) is 3. The van der Waals surface area contributed by atoms with Crippen LogP contribution < -0.4 is 4.72 Å². The molecule has 9 nitrogen and oxygen atoms in total. The van der Waals surface area contributed by atoms with E-state index in [1.807, 2.05) is 0 Å². The van der Waals surface area contributed by atoms with E-state index in [1.165, 1.54) is 24.4 Å². The fraction of sp³-hybridized carbons (Fsp3) is 0.333. The molecule has 10 heteroatoms. The summed E-state index contributed by atoms with van der Waals surface area (Å²) in [7, 11) is -3.83. The molecule has 1 aromatic carbocycles. The van der Waals surface area contributed by atoms with E-state index >= 15 is 0 Å². The minimum absolute atomic E-state index is 0.0799. The van der Waals surface area contributed by atoms with Crippen molar-refractivity contribution in [3.05, 3.63) is 64.5 Å². The molecule has 148 valence electrons. The van der Waals surface area contributed by atoms with Gasteiger partial charge in [-0.15, -0.1) is 0 Å². The van der Waals surface area contributed by atoms with Crippen LogP contribution in [0.1, 0.15) is 23.2 Å². The lowest BCUT2D eigenvalue weighted by Crippen LogP contribution is -2.41. The highest BCUT2D eigenvalue weighted by atomic mass is 32.2. The standard InChI is InChI=1S/C18H20N4O5S/c23-18(15-3-2-8-19-13-15)21-9-6-14(7-10-21)12-20-28(26,27)17-5-1-4-16(11-17)22(24)25/h1-5,8,11,13-14,20H,6-7,9-10,12H2. The van der Waals surface area contributed by atoms with Crippen LogP contribution in [0.25, 0.3) is 0 Å². The zero-order valence-corrected chi connectivity index (χ0v) is 15.8. The van der Waals surface area contributed by atoms with E-state index in [2.05, 4.69) is 9.71 Å². The van der Waals surface area contributed by atoms with Crippen molar-refractivity contribution in [3.8, 4) is 0 Å². The van der Waals surface area contributed by atoms with Crippen LogP contribution in [0.15, 0.2) is 53.7 Å². The van der Waals surface area contributed by atoms with Gasteiger partial charge in [0.25, 0.3) is 11.6 Å². The predicted octanol–water partition coefficient (Wildman–Crippen LogP) is 1.82. The molecule has 0 bridgehead atoms. The summed E-state index contributed by atoms with van der Waals surface area (Å²) in [5, 5.41) is 10.8. The lowest BCUT2D eigenvalue weighted by Gasteiger charge is -2.32. The largest absolute Gasteiger partial charge is 0.339 e. The number of piperidine rings is 1. The third-order valence-corrected chi connectivity index (χ3v) is 6.13. The SMILES string of the molecule is O=C(c1cccnc1)N1CCC(CNS(=O)(=O)c2cccc([N+](=O)[O-])c2)CC1. The Morgan fingerprint density at radius 2 is 2.00 bits per heavy atom. The van der Waals surface area contributed by atoms with E-state index < -0.39 is 14.9 Å². The van der Waals surface area contributed by atoms with Gasteiger partial charge in [0, 0.05) is 44.2 Å². The number of likely N-dealkylation sites (tertiary alicyclic amines) is 1. The van der Waals surface area contributed by atoms with Crippen molar-refractivity contribution >= 4 is 21.6 Å². The molecular formula is C18H20N4O5S. The lowest BCUT2D eigenvalue weighted by atomic mass is 9.97. The first-order valence-electron chi connectivity index (χ1n) is 8.80. The number of hydrogen-bond donors (Lipinski definition) is 1. The molecule has 2 heterocycles. The molecule has 1 aromatic heterocycles. The van der Waals surface area contributed by atoms with Crippen LogP contribution >= 0.6 is 0 Å². The van der Waals surface area contributed by atoms with Crippen molar-refractivity contribution in [3.63, 3.8) is 0 Å². The van der Waals surface area contributed by atoms with E-state index in [-0.39, 0.29) is 29.0 Å². The number of hydrogen-bond acceptors (Lipinski definition) is 6. The van der Waals surface area contributed by atoms with Crippen molar-refractivity contribution in [2.45, 2.75) is 17.7 Å². The predicted molar refractivity (Wildman–Crippen MR) is 101 cm³/mol. The number of pyridine rings is 1. The Hall–Kier alpha value is -2.85. The van der Waals surface area contributed by atoms with E-state index in [9.17, 15) is 23.3 Å². The fourth-order valence-electron chi connectivity index (χ4n) is 3.09. The number of rotatable bonds is 6. The number of nitrogens with one attached hydrogen (secondary N) is 1. The first kappa shape index (κ1) is 19.9. The third-order valence-electron chi connectivity index (χ3n) is 4.71. The van der Waals surface area contributed by atoms with Crippen molar-refractivity contribution in [2.24, 2.45) is 5.92 Å². The maximum absolute atomic E-state index is 12.4. The molecule has 0 aliphatic carbocycles. The van der Waals surface area contributed by atoms with Crippen molar-refractivity contribution in [2.75, 3.05) is 19.6 Å². The summed E-state index contributed by atoms with van der Waals surface area (Å²) in [6.45, 7) is 1.30. The monoisotopic (exact) mass is 404 g/mol. The van der Waals surface area contributed by atoms with Gasteiger partial charge in [0.15, 0.2) is 0 Å². The summed E-state index contributed by atoms with van der Waals surface area (Å²) in [6.07, 6.45) is 4.48. The van der Waals surface area contributed by atoms with Gasteiger partial charge in [0.05, 0.1) is 15.4 Å². The van der Waals surface area contributed by atoms with Crippen LogP contribution in [0.3, 0.4) is 0 Å². The summed E-state index contributed by atoms with van der Waals surface area (Å²) in [6, 6.07) is 8.38. The van der Waals surface area contributed by atoms with Crippen molar-refractivity contribution in [1.82, 2.24) is 14.6 Å². The number of sulfonamides is 1. The minimum Gasteiger partial charge on any atom is -0.339 e. The molecule has 28 heavy (non-hydrogen) atoms. The Labute approximate surface area is 162 Å². The summed E-state index contributed by atoms with van der Waals surface area (Å²) in [5.41, 5.74) is 0.262. The highest BCUT2D eigenvalue weighted by Gasteiger charge is 2.25. The maximum Gasteiger partial charge on any atom is 0.270 e. The Bertz CT molecular complexity index is 957. The summed E-state index contributed by atoms with van der Waals surface area (Å²) in [4.78, 5) is 28.2. The molecule has 1 aliphatic rings. The average Bonchev–Trinajstić information content (AvgIpc) is 2.73. The molecule has 1 fully saturated rings. The molecule has 0 spiro atoms. The average molecular weight is 404 g/mol. The second kappa shape index (κ2) is 8.44. The highest BCUT2D eigenvalue weighted by Crippen LogP contribution is 2.20. The van der Waals surface area contributed by atoms with Gasteiger partial charge < -0.3 is 4.90 Å². The van der Waals surface area contributed by atoms with Gasteiger partial charge in [-0.3, -0.25) is 19.9 Å². The van der Waals surface area contributed by atoms with Gasteiger partial charge in [0.1, 0.15) is 0 Å². The number of non-ortho nitro benzene ring substituents is 1. The minimum atomic E-state index is -3.83. The quantitative estimate of drug-likeness (QED) is 0.579. The fourth-order valence-corrected chi connectivity index (χ4v) is 4.24. The van der Waals surface area contributed by atoms with Crippen LogP contribution in [-0.2, 0) is 10.0 Å². The first-order valence-corrected chi connectivity index (χ1v) is 10.3. The second-order valence-electron chi connectivity index (χ2n) is 6.58. The van der Waals surface area contributed by atoms with Gasteiger partial charge >= 0.3 is 0 Å². The lowest BCUT2D eigenvalue weighted by molar-refractivity contribution is -0.385. The molecular weight excluding hydrogens is 384 g/mol. The number of nitro benzene ring substituents is 1. The number of amides is 1. The third kappa shape index (κ3) is 4.70. The number of benzene rings is 1.